The molecule has 0 radical (unpaired) electrons. The quantitative estimate of drug-likeness (QED) is 0.444. The molecular formula is C17H27N3O4. The van der Waals surface area contributed by atoms with Crippen molar-refractivity contribution in [3.05, 3.63) is 29.3 Å². The van der Waals surface area contributed by atoms with E-state index in [2.05, 4.69) is 16.0 Å². The Labute approximate surface area is 142 Å². The van der Waals surface area contributed by atoms with E-state index in [1.54, 1.807) is 25.1 Å². The molecule has 24 heavy (non-hydrogen) atoms. The lowest BCUT2D eigenvalue weighted by Crippen LogP contribution is -2.52. The monoisotopic (exact) mass is 337 g/mol. The molecule has 0 aromatic heterocycles. The molecular weight excluding hydrogens is 310 g/mol. The van der Waals surface area contributed by atoms with Crippen LogP contribution in [0.4, 0.5) is 5.69 Å². The first kappa shape index (κ1) is 20.1. The lowest BCUT2D eigenvalue weighted by atomic mass is 10.0. The number of hydrogen-bond donors (Lipinski definition) is 5. The van der Waals surface area contributed by atoms with Crippen LogP contribution in [0.25, 0.3) is 0 Å². The summed E-state index contributed by atoms with van der Waals surface area (Å²) in [6, 6.07) is 3.94. The fourth-order valence-corrected chi connectivity index (χ4v) is 2.30. The highest BCUT2D eigenvalue weighted by Crippen LogP contribution is 2.16. The summed E-state index contributed by atoms with van der Waals surface area (Å²) in [5, 5.41) is 26.2. The molecule has 0 heterocycles. The van der Waals surface area contributed by atoms with E-state index in [4.69, 9.17) is 10.2 Å². The van der Waals surface area contributed by atoms with E-state index in [1.807, 2.05) is 20.8 Å². The van der Waals surface area contributed by atoms with Crippen LogP contribution in [0.2, 0.25) is 0 Å². The van der Waals surface area contributed by atoms with Crippen LogP contribution < -0.4 is 16.0 Å². The minimum Gasteiger partial charge on any atom is -0.392 e. The van der Waals surface area contributed by atoms with Gasteiger partial charge in [-0.1, -0.05) is 26.0 Å². The van der Waals surface area contributed by atoms with Crippen LogP contribution in [0.5, 0.6) is 0 Å². The van der Waals surface area contributed by atoms with Crippen LogP contribution in [0.3, 0.4) is 0 Å². The zero-order valence-corrected chi connectivity index (χ0v) is 14.6. The summed E-state index contributed by atoms with van der Waals surface area (Å²) < 4.78 is 0. The van der Waals surface area contributed by atoms with Gasteiger partial charge in [-0.3, -0.25) is 14.9 Å². The van der Waals surface area contributed by atoms with Crippen molar-refractivity contribution in [2.24, 2.45) is 5.92 Å². The minimum absolute atomic E-state index is 0.0271. The van der Waals surface area contributed by atoms with E-state index >= 15 is 0 Å². The number of amides is 2. The highest BCUT2D eigenvalue weighted by Gasteiger charge is 2.24. The van der Waals surface area contributed by atoms with Crippen molar-refractivity contribution < 1.29 is 19.8 Å². The minimum atomic E-state index is -0.726. The topological polar surface area (TPSA) is 111 Å². The molecule has 0 fully saturated rings. The van der Waals surface area contributed by atoms with Crippen LogP contribution in [0.1, 0.15) is 31.9 Å². The van der Waals surface area contributed by atoms with Gasteiger partial charge in [0.15, 0.2) is 0 Å². The second-order valence-electron chi connectivity index (χ2n) is 6.11. The van der Waals surface area contributed by atoms with Crippen molar-refractivity contribution in [2.75, 3.05) is 12.0 Å². The number of aliphatic hydroxyl groups excluding tert-OH is 2. The first-order valence-corrected chi connectivity index (χ1v) is 7.96. The van der Waals surface area contributed by atoms with E-state index in [0.29, 0.717) is 5.69 Å². The maximum atomic E-state index is 12.3. The average molecular weight is 337 g/mol. The highest BCUT2D eigenvalue weighted by atomic mass is 16.3. The second kappa shape index (κ2) is 9.36. The fraction of sp³-hybridized carbons (Fsp3) is 0.529. The summed E-state index contributed by atoms with van der Waals surface area (Å²) >= 11 is 0. The van der Waals surface area contributed by atoms with Gasteiger partial charge in [0.25, 0.3) is 0 Å². The molecule has 7 nitrogen and oxygen atoms in total. The predicted molar refractivity (Wildman–Crippen MR) is 92.2 cm³/mol. The number of aliphatic hydroxyl groups is 2. The Morgan fingerprint density at radius 2 is 1.79 bits per heavy atom. The molecule has 0 aliphatic heterocycles. The van der Waals surface area contributed by atoms with Gasteiger partial charge in [-0.05, 0) is 37.0 Å². The van der Waals surface area contributed by atoms with Gasteiger partial charge < -0.3 is 20.8 Å². The van der Waals surface area contributed by atoms with Gasteiger partial charge in [-0.2, -0.15) is 0 Å². The average Bonchev–Trinajstić information content (AvgIpc) is 2.53. The molecule has 134 valence electrons. The lowest BCUT2D eigenvalue weighted by Gasteiger charge is -2.23. The molecule has 0 aliphatic rings. The molecule has 0 saturated heterocycles. The number of carbonyl (C=O) groups excluding carboxylic acids is 2. The Morgan fingerprint density at radius 3 is 2.29 bits per heavy atom. The van der Waals surface area contributed by atoms with Gasteiger partial charge in [-0.15, -0.1) is 0 Å². The van der Waals surface area contributed by atoms with Crippen LogP contribution in [0.15, 0.2) is 18.2 Å². The Bertz CT molecular complexity index is 575. The molecule has 7 heteroatoms. The summed E-state index contributed by atoms with van der Waals surface area (Å²) in [5.74, 6) is -0.704. The summed E-state index contributed by atoms with van der Waals surface area (Å²) in [5.41, 5.74) is 2.23. The zero-order valence-electron chi connectivity index (χ0n) is 14.6. The normalized spacial score (nSPS) is 13.5. The summed E-state index contributed by atoms with van der Waals surface area (Å²) in [4.78, 5) is 24.5. The number of anilines is 1. The van der Waals surface area contributed by atoms with E-state index in [9.17, 15) is 9.59 Å². The van der Waals surface area contributed by atoms with Gasteiger partial charge in [0, 0.05) is 5.69 Å². The van der Waals surface area contributed by atoms with E-state index < -0.39 is 12.1 Å². The number of hydrogen-bond acceptors (Lipinski definition) is 5. The van der Waals surface area contributed by atoms with Gasteiger partial charge in [-0.25, -0.2) is 0 Å². The van der Waals surface area contributed by atoms with Gasteiger partial charge in [0.1, 0.15) is 6.04 Å². The molecule has 1 rings (SSSR count). The molecule has 1 aromatic rings. The van der Waals surface area contributed by atoms with E-state index in [-0.39, 0.29) is 31.1 Å². The largest absolute Gasteiger partial charge is 0.392 e. The summed E-state index contributed by atoms with van der Waals surface area (Å²) in [6.07, 6.45) is 0. The first-order valence-electron chi connectivity index (χ1n) is 7.96. The smallest absolute Gasteiger partial charge is 0.246 e. The Kier molecular flexibility index (Phi) is 7.84. The first-order chi connectivity index (χ1) is 11.3. The van der Waals surface area contributed by atoms with Crippen molar-refractivity contribution in [3.63, 3.8) is 0 Å². The van der Waals surface area contributed by atoms with E-state index in [1.165, 1.54) is 0 Å². The molecule has 0 bridgehead atoms. The lowest BCUT2D eigenvalue weighted by molar-refractivity contribution is -0.128. The van der Waals surface area contributed by atoms with Crippen LogP contribution in [-0.2, 0) is 16.2 Å². The third-order valence-corrected chi connectivity index (χ3v) is 3.74. The second-order valence-corrected chi connectivity index (χ2v) is 6.11. The molecule has 1 aromatic carbocycles. The van der Waals surface area contributed by atoms with Crippen LogP contribution >= 0.6 is 0 Å². The Hall–Kier alpha value is -1.96. The summed E-state index contributed by atoms with van der Waals surface area (Å²) in [7, 11) is 0. The van der Waals surface area contributed by atoms with Gasteiger partial charge >= 0.3 is 0 Å². The maximum absolute atomic E-state index is 12.3. The number of nitrogens with one attached hydrogen (secondary N) is 3. The van der Waals surface area contributed by atoms with Crippen molar-refractivity contribution >= 4 is 17.5 Å². The molecule has 0 spiro atoms. The molecule has 5 N–H and O–H groups in total. The van der Waals surface area contributed by atoms with Crippen molar-refractivity contribution in [2.45, 2.75) is 46.4 Å². The molecule has 0 saturated carbocycles. The fourth-order valence-electron chi connectivity index (χ4n) is 2.30. The highest BCUT2D eigenvalue weighted by molar-refractivity contribution is 5.98. The third kappa shape index (κ3) is 5.59. The van der Waals surface area contributed by atoms with Crippen molar-refractivity contribution in [3.8, 4) is 0 Å². The number of benzene rings is 1. The number of aryl methyl sites for hydroxylation is 1. The van der Waals surface area contributed by atoms with Gasteiger partial charge in [0.05, 0.1) is 19.4 Å². The molecule has 2 atom stereocenters. The summed E-state index contributed by atoms with van der Waals surface area (Å²) in [6.45, 7) is 6.76. The molecule has 0 unspecified atom stereocenters. The third-order valence-electron chi connectivity index (χ3n) is 3.74. The predicted octanol–water partition coefficient (Wildman–Crippen LogP) is 0.495. The Morgan fingerprint density at radius 1 is 1.12 bits per heavy atom. The standard InChI is InChI=1S/C17H27N3O4/c1-10(2)15(18-9-22)17(24)19-12(4)16(23)20-14-6-5-13(8-21)7-11(14)3/h5-7,10,12,15,18,21-22H,8-9H2,1-4H3,(H,19,24)(H,20,23)/t12-,15-/m0/s1. The van der Waals surface area contributed by atoms with Crippen molar-refractivity contribution in [1.29, 1.82) is 0 Å². The molecule has 0 aliphatic carbocycles. The number of carbonyl (C=O) groups is 2. The Balaban J connectivity index is 2.69. The SMILES string of the molecule is Cc1cc(CO)ccc1NC(=O)[C@H](C)NC(=O)[C@@H](NCO)C(C)C. The maximum Gasteiger partial charge on any atom is 0.246 e. The van der Waals surface area contributed by atoms with Crippen molar-refractivity contribution in [1.82, 2.24) is 10.6 Å². The zero-order chi connectivity index (χ0) is 18.3. The van der Waals surface area contributed by atoms with Crippen LogP contribution in [-0.4, -0.2) is 40.8 Å². The van der Waals surface area contributed by atoms with Gasteiger partial charge in [0.2, 0.25) is 11.8 Å². The van der Waals surface area contributed by atoms with E-state index in [0.717, 1.165) is 11.1 Å². The number of rotatable bonds is 8. The van der Waals surface area contributed by atoms with Crippen LogP contribution in [0, 0.1) is 12.8 Å². The molecule has 2 amide bonds.